The Morgan fingerprint density at radius 3 is 2.25 bits per heavy atom. The molecule has 0 aromatic rings. The molecule has 0 aliphatic carbocycles. The molecule has 0 aromatic heterocycles. The third kappa shape index (κ3) is 3.86. The number of carboxylic acids is 1. The van der Waals surface area contributed by atoms with Crippen molar-refractivity contribution in [3.63, 3.8) is 0 Å². The van der Waals surface area contributed by atoms with Gasteiger partial charge in [-0.1, -0.05) is 0 Å². The van der Waals surface area contributed by atoms with E-state index in [2.05, 4.69) is 10.7 Å². The van der Waals surface area contributed by atoms with Gasteiger partial charge in [-0.15, -0.1) is 12.4 Å². The Balaban J connectivity index is 0. The lowest BCUT2D eigenvalue weighted by Crippen LogP contribution is -2.22. The first kappa shape index (κ1) is 10.6. The van der Waals surface area contributed by atoms with E-state index in [-0.39, 0.29) is 12.4 Å². The van der Waals surface area contributed by atoms with Gasteiger partial charge in [0.15, 0.2) is 6.10 Å². The van der Waals surface area contributed by atoms with Crippen molar-refractivity contribution >= 4 is 18.4 Å². The Morgan fingerprint density at radius 1 is 1.88 bits per heavy atom. The van der Waals surface area contributed by atoms with Crippen LogP contribution < -0.4 is 5.90 Å². The minimum atomic E-state index is -1.05. The highest BCUT2D eigenvalue weighted by Crippen LogP contribution is 1.80. The van der Waals surface area contributed by atoms with E-state index in [9.17, 15) is 4.79 Å². The predicted octanol–water partition coefficient (Wildman–Crippen LogP) is -0.228. The summed E-state index contributed by atoms with van der Waals surface area (Å²) in [6.45, 7) is 1.35. The zero-order valence-electron chi connectivity index (χ0n) is 4.33. The van der Waals surface area contributed by atoms with Crippen LogP contribution in [0.2, 0.25) is 0 Å². The Kier molecular flexibility index (Phi) is 6.41. The summed E-state index contributed by atoms with van der Waals surface area (Å²) >= 11 is 0. The molecule has 0 bridgehead atoms. The quantitative estimate of drug-likeness (QED) is 0.521. The molecule has 0 fully saturated rings. The van der Waals surface area contributed by atoms with Crippen molar-refractivity contribution in [2.24, 2.45) is 5.90 Å². The van der Waals surface area contributed by atoms with Gasteiger partial charge >= 0.3 is 5.97 Å². The van der Waals surface area contributed by atoms with Crippen LogP contribution >= 0.6 is 12.4 Å². The number of rotatable bonds is 2. The molecule has 0 aliphatic heterocycles. The molecule has 0 aromatic carbocycles. The van der Waals surface area contributed by atoms with Crippen LogP contribution in [-0.4, -0.2) is 17.2 Å². The Labute approximate surface area is 53.0 Å². The molecule has 4 nitrogen and oxygen atoms in total. The van der Waals surface area contributed by atoms with Crippen LogP contribution in [0.3, 0.4) is 0 Å². The van der Waals surface area contributed by atoms with Crippen molar-refractivity contribution < 1.29 is 14.7 Å². The largest absolute Gasteiger partial charge is 0.479 e. The van der Waals surface area contributed by atoms with Gasteiger partial charge in [-0.3, -0.25) is 4.84 Å². The number of carboxylic acid groups (broad SMARTS) is 1. The lowest BCUT2D eigenvalue weighted by Gasteiger charge is -1.97. The fourth-order valence-corrected chi connectivity index (χ4v) is 0.0582. The SMILES string of the molecule is C[C@@H](ON)C(=O)O.Cl. The van der Waals surface area contributed by atoms with Crippen LogP contribution in [0, 0.1) is 0 Å². The molecule has 50 valence electrons. The summed E-state index contributed by atoms with van der Waals surface area (Å²) in [5.41, 5.74) is 0. The summed E-state index contributed by atoms with van der Waals surface area (Å²) in [4.78, 5) is 13.6. The van der Waals surface area contributed by atoms with Gasteiger partial charge < -0.3 is 5.11 Å². The van der Waals surface area contributed by atoms with Crippen LogP contribution in [0.25, 0.3) is 0 Å². The van der Waals surface area contributed by atoms with E-state index in [1.54, 1.807) is 0 Å². The molecule has 0 saturated carbocycles. The summed E-state index contributed by atoms with van der Waals surface area (Å²) < 4.78 is 0. The van der Waals surface area contributed by atoms with E-state index in [4.69, 9.17) is 5.11 Å². The summed E-state index contributed by atoms with van der Waals surface area (Å²) in [5.74, 6) is 3.44. The lowest BCUT2D eigenvalue weighted by molar-refractivity contribution is -0.149. The van der Waals surface area contributed by atoms with Crippen molar-refractivity contribution in [3.8, 4) is 0 Å². The van der Waals surface area contributed by atoms with Crippen molar-refractivity contribution in [3.05, 3.63) is 0 Å². The van der Waals surface area contributed by atoms with E-state index < -0.39 is 12.1 Å². The smallest absolute Gasteiger partial charge is 0.334 e. The van der Waals surface area contributed by atoms with Gasteiger partial charge in [-0.05, 0) is 6.92 Å². The molecule has 0 unspecified atom stereocenters. The van der Waals surface area contributed by atoms with Crippen LogP contribution in [-0.2, 0) is 9.63 Å². The van der Waals surface area contributed by atoms with E-state index >= 15 is 0 Å². The molecular weight excluding hydrogens is 133 g/mol. The first-order chi connectivity index (χ1) is 3.18. The number of hydrogen-bond acceptors (Lipinski definition) is 3. The topological polar surface area (TPSA) is 72.5 Å². The molecular formula is C3H8ClNO3. The second-order valence-electron chi connectivity index (χ2n) is 1.12. The maximum absolute atomic E-state index is 9.73. The zero-order valence-corrected chi connectivity index (χ0v) is 5.14. The first-order valence-electron chi connectivity index (χ1n) is 1.77. The van der Waals surface area contributed by atoms with E-state index in [1.165, 1.54) is 6.92 Å². The highest BCUT2D eigenvalue weighted by atomic mass is 35.5. The molecule has 0 heterocycles. The van der Waals surface area contributed by atoms with E-state index in [0.717, 1.165) is 0 Å². The average Bonchev–Trinajstić information content (AvgIpc) is 1.65. The Morgan fingerprint density at radius 2 is 2.25 bits per heavy atom. The van der Waals surface area contributed by atoms with Gasteiger partial charge in [0.05, 0.1) is 0 Å². The lowest BCUT2D eigenvalue weighted by atomic mass is 10.4. The number of hydrogen-bond donors (Lipinski definition) is 2. The Hall–Kier alpha value is -0.320. The standard InChI is InChI=1S/C3H7NO3.ClH/c1-2(7-4)3(5)6;/h2H,4H2,1H3,(H,5,6);1H/t2-;/m1./s1. The number of carbonyl (C=O) groups is 1. The molecule has 0 saturated heterocycles. The monoisotopic (exact) mass is 141 g/mol. The molecule has 1 atom stereocenters. The third-order valence-electron chi connectivity index (χ3n) is 0.552. The highest BCUT2D eigenvalue weighted by Gasteiger charge is 2.07. The number of nitrogens with two attached hydrogens (primary N) is 1. The van der Waals surface area contributed by atoms with Gasteiger partial charge in [0.1, 0.15) is 0 Å². The summed E-state index contributed by atoms with van der Waals surface area (Å²) in [7, 11) is 0. The zero-order chi connectivity index (χ0) is 5.86. The second-order valence-corrected chi connectivity index (χ2v) is 1.12. The van der Waals surface area contributed by atoms with E-state index in [1.807, 2.05) is 0 Å². The fraction of sp³-hybridized carbons (Fsp3) is 0.667. The van der Waals surface area contributed by atoms with Gasteiger partial charge in [-0.2, -0.15) is 0 Å². The molecule has 0 aliphatic rings. The van der Waals surface area contributed by atoms with Gasteiger partial charge in [0.25, 0.3) is 0 Å². The minimum Gasteiger partial charge on any atom is -0.479 e. The van der Waals surface area contributed by atoms with Gasteiger partial charge in [0, 0.05) is 0 Å². The van der Waals surface area contributed by atoms with Crippen LogP contribution in [0.1, 0.15) is 6.92 Å². The number of aliphatic carboxylic acids is 1. The highest BCUT2D eigenvalue weighted by molar-refractivity contribution is 5.85. The second kappa shape index (κ2) is 4.83. The summed E-state index contributed by atoms with van der Waals surface area (Å²) in [6, 6.07) is 0. The van der Waals surface area contributed by atoms with Crippen molar-refractivity contribution in [1.29, 1.82) is 0 Å². The molecule has 8 heavy (non-hydrogen) atoms. The number of halogens is 1. The van der Waals surface area contributed by atoms with Crippen LogP contribution in [0.5, 0.6) is 0 Å². The maximum Gasteiger partial charge on any atom is 0.334 e. The molecule has 0 rings (SSSR count). The molecule has 5 heteroatoms. The summed E-state index contributed by atoms with van der Waals surface area (Å²) in [6.07, 6.45) is -0.903. The van der Waals surface area contributed by atoms with E-state index in [0.29, 0.717) is 0 Å². The third-order valence-corrected chi connectivity index (χ3v) is 0.552. The van der Waals surface area contributed by atoms with Crippen molar-refractivity contribution in [2.45, 2.75) is 13.0 Å². The fourth-order valence-electron chi connectivity index (χ4n) is 0.0582. The van der Waals surface area contributed by atoms with Crippen molar-refractivity contribution in [2.75, 3.05) is 0 Å². The van der Waals surface area contributed by atoms with Crippen molar-refractivity contribution in [1.82, 2.24) is 0 Å². The molecule has 0 spiro atoms. The normalized spacial score (nSPS) is 11.8. The minimum absolute atomic E-state index is 0. The maximum atomic E-state index is 9.73. The average molecular weight is 142 g/mol. The Bertz CT molecular complexity index is 76.9. The summed E-state index contributed by atoms with van der Waals surface area (Å²) in [5, 5.41) is 7.98. The predicted molar refractivity (Wildman–Crippen MR) is 29.6 cm³/mol. The molecule has 3 N–H and O–H groups in total. The molecule has 0 amide bonds. The van der Waals surface area contributed by atoms with Crippen LogP contribution in [0.15, 0.2) is 0 Å². The molecule has 0 radical (unpaired) electrons. The first-order valence-corrected chi connectivity index (χ1v) is 1.77. The van der Waals surface area contributed by atoms with Crippen LogP contribution in [0.4, 0.5) is 0 Å². The van der Waals surface area contributed by atoms with Gasteiger partial charge in [0.2, 0.25) is 0 Å². The van der Waals surface area contributed by atoms with Gasteiger partial charge in [-0.25, -0.2) is 10.7 Å².